The lowest BCUT2D eigenvalue weighted by molar-refractivity contribution is -0.129. The maximum Gasteiger partial charge on any atom is 0.387 e. The topological polar surface area (TPSA) is 57.1 Å². The second kappa shape index (κ2) is 7.12. The summed E-state index contributed by atoms with van der Waals surface area (Å²) in [5.41, 5.74) is 1.39. The smallest absolute Gasteiger partial charge is 0.387 e. The van der Waals surface area contributed by atoms with Crippen molar-refractivity contribution in [1.82, 2.24) is 0 Å². The van der Waals surface area contributed by atoms with Crippen LogP contribution in [0.5, 0.6) is 11.5 Å². The van der Waals surface area contributed by atoms with E-state index in [4.69, 9.17) is 9.47 Å². The highest BCUT2D eigenvalue weighted by molar-refractivity contribution is 6.12. The number of aliphatic imine (C=N–C) groups is 1. The van der Waals surface area contributed by atoms with Crippen molar-refractivity contribution in [2.24, 2.45) is 4.99 Å². The zero-order valence-corrected chi connectivity index (χ0v) is 13.1. The zero-order chi connectivity index (χ0) is 17.8. The van der Waals surface area contributed by atoms with Crippen molar-refractivity contribution in [3.05, 3.63) is 65.4 Å². The van der Waals surface area contributed by atoms with Crippen molar-refractivity contribution >= 4 is 17.9 Å². The summed E-state index contributed by atoms with van der Waals surface area (Å²) in [4.78, 5) is 16.1. The fraction of sp³-hybridized carbons (Fsp3) is 0.111. The number of hydrogen-bond acceptors (Lipinski definition) is 5. The molecule has 0 aliphatic carbocycles. The number of methoxy groups -OCH3 is 1. The Kier molecular flexibility index (Phi) is 4.74. The van der Waals surface area contributed by atoms with Crippen LogP contribution in [0, 0.1) is 0 Å². The van der Waals surface area contributed by atoms with Gasteiger partial charge in [0.05, 0.1) is 7.11 Å². The predicted octanol–water partition coefficient (Wildman–Crippen LogP) is 3.64. The van der Waals surface area contributed by atoms with Gasteiger partial charge in [0, 0.05) is 5.56 Å². The number of cyclic esters (lactones) is 1. The number of carbonyl (C=O) groups is 1. The first-order valence-electron chi connectivity index (χ1n) is 7.27. The van der Waals surface area contributed by atoms with E-state index in [1.807, 2.05) is 0 Å². The second-order valence-electron chi connectivity index (χ2n) is 5.01. The van der Waals surface area contributed by atoms with Crippen molar-refractivity contribution in [3.63, 3.8) is 0 Å². The number of nitrogens with zero attached hydrogens (tertiary/aromatic N) is 1. The molecular formula is C18H13F2NO4. The molecule has 1 heterocycles. The van der Waals surface area contributed by atoms with Gasteiger partial charge in [-0.1, -0.05) is 12.1 Å². The van der Waals surface area contributed by atoms with Crippen molar-refractivity contribution in [3.8, 4) is 11.5 Å². The minimum atomic E-state index is -2.90. The number of esters is 1. The normalized spacial score (nSPS) is 15.3. The van der Waals surface area contributed by atoms with E-state index < -0.39 is 12.6 Å². The van der Waals surface area contributed by atoms with Gasteiger partial charge in [0.25, 0.3) is 0 Å². The van der Waals surface area contributed by atoms with Crippen molar-refractivity contribution in [1.29, 1.82) is 0 Å². The lowest BCUT2D eigenvalue weighted by atomic mass is 10.2. The molecule has 0 radical (unpaired) electrons. The van der Waals surface area contributed by atoms with Gasteiger partial charge in [-0.2, -0.15) is 8.78 Å². The summed E-state index contributed by atoms with van der Waals surface area (Å²) in [7, 11) is 1.57. The third-order valence-corrected chi connectivity index (χ3v) is 3.37. The summed E-state index contributed by atoms with van der Waals surface area (Å²) in [6.45, 7) is -2.90. The highest BCUT2D eigenvalue weighted by atomic mass is 19.3. The number of ether oxygens (including phenoxy) is 3. The number of rotatable bonds is 5. The lowest BCUT2D eigenvalue weighted by Crippen LogP contribution is -2.06. The molecule has 0 N–H and O–H groups in total. The maximum absolute atomic E-state index is 12.1. The molecule has 1 aliphatic heterocycles. The maximum atomic E-state index is 12.1. The molecule has 2 aromatic carbocycles. The summed E-state index contributed by atoms with van der Waals surface area (Å²) < 4.78 is 38.8. The molecule has 0 amide bonds. The van der Waals surface area contributed by atoms with Crippen LogP contribution in [0.15, 0.2) is 59.2 Å². The molecule has 0 atom stereocenters. The van der Waals surface area contributed by atoms with Gasteiger partial charge in [-0.05, 0) is 48.0 Å². The van der Waals surface area contributed by atoms with Gasteiger partial charge in [0.1, 0.15) is 11.5 Å². The molecule has 5 nitrogen and oxygen atoms in total. The molecule has 0 unspecified atom stereocenters. The van der Waals surface area contributed by atoms with Crippen molar-refractivity contribution in [2.75, 3.05) is 7.11 Å². The van der Waals surface area contributed by atoms with Crippen LogP contribution in [0.1, 0.15) is 11.1 Å². The summed E-state index contributed by atoms with van der Waals surface area (Å²) in [6, 6.07) is 12.8. The Bertz CT molecular complexity index is 827. The first kappa shape index (κ1) is 16.6. The Balaban J connectivity index is 1.80. The molecule has 0 spiro atoms. The van der Waals surface area contributed by atoms with Gasteiger partial charge in [-0.15, -0.1) is 0 Å². The summed E-state index contributed by atoms with van der Waals surface area (Å²) in [6.07, 6.45) is 1.59. The quantitative estimate of drug-likeness (QED) is 0.613. The highest BCUT2D eigenvalue weighted by Crippen LogP contribution is 2.22. The van der Waals surface area contributed by atoms with E-state index in [1.54, 1.807) is 37.5 Å². The SMILES string of the molecule is COc1ccc(/C=C2/N=C(c3ccc(OC(F)F)cc3)OC2=O)cc1. The zero-order valence-electron chi connectivity index (χ0n) is 13.1. The fourth-order valence-electron chi connectivity index (χ4n) is 2.17. The minimum Gasteiger partial charge on any atom is -0.497 e. The molecule has 25 heavy (non-hydrogen) atoms. The van der Waals surface area contributed by atoms with Crippen LogP contribution in [-0.4, -0.2) is 25.6 Å². The summed E-state index contributed by atoms with van der Waals surface area (Å²) in [5.74, 6) is 0.233. The van der Waals surface area contributed by atoms with Gasteiger partial charge in [-0.25, -0.2) is 9.79 Å². The number of alkyl halides is 2. The standard InChI is InChI=1S/C18H13F2NO4/c1-23-13-6-2-11(3-7-13)10-15-17(22)25-16(21-15)12-4-8-14(9-5-12)24-18(19)20/h2-10,18H,1H3/b15-10+. The Labute approximate surface area is 142 Å². The molecule has 128 valence electrons. The Hall–Kier alpha value is -3.22. The summed E-state index contributed by atoms with van der Waals surface area (Å²) >= 11 is 0. The van der Waals surface area contributed by atoms with E-state index in [-0.39, 0.29) is 17.3 Å². The Morgan fingerprint density at radius 1 is 1.04 bits per heavy atom. The van der Waals surface area contributed by atoms with Crippen LogP contribution >= 0.6 is 0 Å². The average molecular weight is 345 g/mol. The Morgan fingerprint density at radius 2 is 1.68 bits per heavy atom. The highest BCUT2D eigenvalue weighted by Gasteiger charge is 2.24. The van der Waals surface area contributed by atoms with Gasteiger partial charge in [-0.3, -0.25) is 0 Å². The summed E-state index contributed by atoms with van der Waals surface area (Å²) in [5, 5.41) is 0. The molecule has 7 heteroatoms. The van der Waals surface area contributed by atoms with Crippen LogP contribution < -0.4 is 9.47 Å². The van der Waals surface area contributed by atoms with E-state index in [1.165, 1.54) is 24.3 Å². The van der Waals surface area contributed by atoms with Crippen LogP contribution in [0.25, 0.3) is 6.08 Å². The lowest BCUT2D eigenvalue weighted by Gasteiger charge is -2.04. The Morgan fingerprint density at radius 3 is 2.28 bits per heavy atom. The number of halogens is 2. The molecule has 0 bridgehead atoms. The first-order chi connectivity index (χ1) is 12.0. The average Bonchev–Trinajstić information content (AvgIpc) is 2.96. The van der Waals surface area contributed by atoms with E-state index >= 15 is 0 Å². The molecule has 2 aromatic rings. The van der Waals surface area contributed by atoms with Crippen LogP contribution in [0.3, 0.4) is 0 Å². The van der Waals surface area contributed by atoms with Crippen LogP contribution in [0.2, 0.25) is 0 Å². The number of carbonyl (C=O) groups excluding carboxylic acids is 1. The third kappa shape index (κ3) is 4.00. The molecule has 0 fully saturated rings. The van der Waals surface area contributed by atoms with E-state index in [0.717, 1.165) is 5.56 Å². The molecule has 3 rings (SSSR count). The van der Waals surface area contributed by atoms with E-state index in [2.05, 4.69) is 9.73 Å². The predicted molar refractivity (Wildman–Crippen MR) is 86.7 cm³/mol. The van der Waals surface area contributed by atoms with Gasteiger partial charge in [0.15, 0.2) is 5.70 Å². The third-order valence-electron chi connectivity index (χ3n) is 3.37. The van der Waals surface area contributed by atoms with Gasteiger partial charge >= 0.3 is 12.6 Å². The molecule has 0 saturated heterocycles. The van der Waals surface area contributed by atoms with Crippen LogP contribution in [0.4, 0.5) is 8.78 Å². The molecule has 1 aliphatic rings. The molecule has 0 saturated carbocycles. The van der Waals surface area contributed by atoms with Crippen molar-refractivity contribution in [2.45, 2.75) is 6.61 Å². The number of hydrogen-bond donors (Lipinski definition) is 0. The van der Waals surface area contributed by atoms with E-state index in [9.17, 15) is 13.6 Å². The van der Waals surface area contributed by atoms with Crippen molar-refractivity contribution < 1.29 is 27.8 Å². The molecule has 0 aromatic heterocycles. The monoisotopic (exact) mass is 345 g/mol. The molecular weight excluding hydrogens is 332 g/mol. The largest absolute Gasteiger partial charge is 0.497 e. The van der Waals surface area contributed by atoms with Crippen LogP contribution in [-0.2, 0) is 9.53 Å². The second-order valence-corrected chi connectivity index (χ2v) is 5.01. The van der Waals surface area contributed by atoms with Gasteiger partial charge in [0.2, 0.25) is 5.90 Å². The van der Waals surface area contributed by atoms with E-state index in [0.29, 0.717) is 11.3 Å². The number of benzene rings is 2. The minimum absolute atomic E-state index is 0.0117. The first-order valence-corrected chi connectivity index (χ1v) is 7.27. The van der Waals surface area contributed by atoms with Gasteiger partial charge < -0.3 is 14.2 Å². The fourth-order valence-corrected chi connectivity index (χ4v) is 2.17.